The van der Waals surface area contributed by atoms with Crippen molar-refractivity contribution in [3.63, 3.8) is 0 Å². The second-order valence-corrected chi connectivity index (χ2v) is 5.42. The lowest BCUT2D eigenvalue weighted by Crippen LogP contribution is -2.23. The van der Waals surface area contributed by atoms with Crippen LogP contribution >= 0.6 is 0 Å². The zero-order valence-corrected chi connectivity index (χ0v) is 13.6. The molecule has 0 aliphatic carbocycles. The van der Waals surface area contributed by atoms with Gasteiger partial charge in [-0.25, -0.2) is 0 Å². The zero-order chi connectivity index (χ0) is 19.1. The summed E-state index contributed by atoms with van der Waals surface area (Å²) in [5.74, 6) is -2.08. The van der Waals surface area contributed by atoms with E-state index in [2.05, 4.69) is 10.6 Å². The molecule has 0 bridgehead atoms. The number of amides is 2. The summed E-state index contributed by atoms with van der Waals surface area (Å²) in [4.78, 5) is 23.4. The molecule has 2 rings (SSSR count). The first-order valence-corrected chi connectivity index (χ1v) is 7.60. The first-order chi connectivity index (χ1) is 12.3. The summed E-state index contributed by atoms with van der Waals surface area (Å²) < 4.78 is 0. The first kappa shape index (κ1) is 18.7. The molecule has 6 N–H and O–H groups in total. The highest BCUT2D eigenvalue weighted by Crippen LogP contribution is 2.25. The third-order valence-electron chi connectivity index (χ3n) is 3.40. The SMILES string of the molecule is O=C(C=CC(=O)NCc1ccc(O)c(O)c1)NCc1ccc(O)c(O)c1. The molecule has 2 aromatic rings. The minimum Gasteiger partial charge on any atom is -0.504 e. The molecule has 0 heterocycles. The summed E-state index contributed by atoms with van der Waals surface area (Å²) in [6, 6.07) is 8.33. The van der Waals surface area contributed by atoms with Gasteiger partial charge in [0.25, 0.3) is 0 Å². The summed E-state index contributed by atoms with van der Waals surface area (Å²) >= 11 is 0. The molecule has 2 amide bonds. The van der Waals surface area contributed by atoms with Crippen molar-refractivity contribution in [2.75, 3.05) is 0 Å². The number of nitrogens with one attached hydrogen (secondary N) is 2. The van der Waals surface area contributed by atoms with Gasteiger partial charge in [-0.2, -0.15) is 0 Å². The summed E-state index contributed by atoms with van der Waals surface area (Å²) in [6.07, 6.45) is 2.12. The van der Waals surface area contributed by atoms with E-state index in [4.69, 9.17) is 0 Å². The van der Waals surface area contributed by atoms with E-state index in [0.717, 1.165) is 12.2 Å². The fraction of sp³-hybridized carbons (Fsp3) is 0.111. The average molecular weight is 358 g/mol. The predicted octanol–water partition coefficient (Wildman–Crippen LogP) is 0.998. The average Bonchev–Trinajstić information content (AvgIpc) is 2.62. The van der Waals surface area contributed by atoms with Crippen LogP contribution in [-0.2, 0) is 22.7 Å². The van der Waals surface area contributed by atoms with Gasteiger partial charge in [0.2, 0.25) is 11.8 Å². The Morgan fingerprint density at radius 2 is 1.08 bits per heavy atom. The lowest BCUT2D eigenvalue weighted by molar-refractivity contribution is -0.118. The molecular weight excluding hydrogens is 340 g/mol. The topological polar surface area (TPSA) is 139 Å². The van der Waals surface area contributed by atoms with Crippen molar-refractivity contribution in [2.24, 2.45) is 0 Å². The van der Waals surface area contributed by atoms with E-state index in [1.165, 1.54) is 24.3 Å². The fourth-order valence-corrected chi connectivity index (χ4v) is 2.01. The molecule has 0 aromatic heterocycles. The third kappa shape index (κ3) is 5.45. The smallest absolute Gasteiger partial charge is 0.244 e. The molecule has 8 nitrogen and oxygen atoms in total. The summed E-state index contributed by atoms with van der Waals surface area (Å²) in [5.41, 5.74) is 1.16. The highest BCUT2D eigenvalue weighted by molar-refractivity contribution is 5.96. The summed E-state index contributed by atoms with van der Waals surface area (Å²) in [7, 11) is 0. The van der Waals surface area contributed by atoms with Crippen molar-refractivity contribution in [3.8, 4) is 23.0 Å². The van der Waals surface area contributed by atoms with Gasteiger partial charge in [0.05, 0.1) is 0 Å². The van der Waals surface area contributed by atoms with Crippen molar-refractivity contribution < 1.29 is 30.0 Å². The molecule has 0 fully saturated rings. The Kier molecular flexibility index (Phi) is 6.05. The van der Waals surface area contributed by atoms with E-state index < -0.39 is 11.8 Å². The Labute approximate surface area is 149 Å². The maximum atomic E-state index is 11.7. The molecule has 0 radical (unpaired) electrons. The van der Waals surface area contributed by atoms with Gasteiger partial charge in [-0.05, 0) is 35.4 Å². The number of rotatable bonds is 6. The molecule has 0 saturated carbocycles. The number of aromatic hydroxyl groups is 4. The number of carbonyl (C=O) groups excluding carboxylic acids is 2. The Balaban J connectivity index is 1.78. The molecular formula is C18H18N2O6. The van der Waals surface area contributed by atoms with Gasteiger partial charge in [-0.3, -0.25) is 9.59 Å². The van der Waals surface area contributed by atoms with Crippen LogP contribution in [0.2, 0.25) is 0 Å². The van der Waals surface area contributed by atoms with Gasteiger partial charge in [0.15, 0.2) is 23.0 Å². The first-order valence-electron chi connectivity index (χ1n) is 7.60. The van der Waals surface area contributed by atoms with Crippen molar-refractivity contribution >= 4 is 11.8 Å². The van der Waals surface area contributed by atoms with Gasteiger partial charge in [0.1, 0.15) is 0 Å². The number of phenols is 4. The monoisotopic (exact) mass is 358 g/mol. The second-order valence-electron chi connectivity index (χ2n) is 5.42. The lowest BCUT2D eigenvalue weighted by Gasteiger charge is -2.05. The molecule has 8 heteroatoms. The van der Waals surface area contributed by atoms with E-state index in [1.807, 2.05) is 0 Å². The van der Waals surface area contributed by atoms with Crippen molar-refractivity contribution in [1.29, 1.82) is 0 Å². The molecule has 0 spiro atoms. The maximum Gasteiger partial charge on any atom is 0.244 e. The molecule has 0 aliphatic rings. The molecule has 0 atom stereocenters. The largest absolute Gasteiger partial charge is 0.504 e. The number of hydrogen-bond acceptors (Lipinski definition) is 6. The Morgan fingerprint density at radius 1 is 0.692 bits per heavy atom. The van der Waals surface area contributed by atoms with Crippen LogP contribution in [0.4, 0.5) is 0 Å². The van der Waals surface area contributed by atoms with Crippen LogP contribution in [0.15, 0.2) is 48.6 Å². The Morgan fingerprint density at radius 3 is 1.42 bits per heavy atom. The van der Waals surface area contributed by atoms with E-state index in [0.29, 0.717) is 11.1 Å². The van der Waals surface area contributed by atoms with Crippen LogP contribution in [0.25, 0.3) is 0 Å². The molecule has 136 valence electrons. The van der Waals surface area contributed by atoms with Gasteiger partial charge < -0.3 is 31.1 Å². The predicted molar refractivity (Wildman–Crippen MR) is 92.4 cm³/mol. The quantitative estimate of drug-likeness (QED) is 0.336. The summed E-state index contributed by atoms with van der Waals surface area (Å²) in [6.45, 7) is 0.233. The van der Waals surface area contributed by atoms with Crippen LogP contribution in [0.3, 0.4) is 0 Å². The highest BCUT2D eigenvalue weighted by Gasteiger charge is 2.04. The molecule has 2 aromatic carbocycles. The second kappa shape index (κ2) is 8.43. The van der Waals surface area contributed by atoms with Gasteiger partial charge in [-0.1, -0.05) is 12.1 Å². The van der Waals surface area contributed by atoms with Crippen molar-refractivity contribution in [2.45, 2.75) is 13.1 Å². The normalized spacial score (nSPS) is 10.6. The van der Waals surface area contributed by atoms with E-state index in [-0.39, 0.29) is 36.1 Å². The molecule has 0 aliphatic heterocycles. The molecule has 26 heavy (non-hydrogen) atoms. The number of hydrogen-bond donors (Lipinski definition) is 6. The Bertz CT molecular complexity index is 778. The van der Waals surface area contributed by atoms with Gasteiger partial charge >= 0.3 is 0 Å². The van der Waals surface area contributed by atoms with Crippen LogP contribution in [0.1, 0.15) is 11.1 Å². The number of carbonyl (C=O) groups is 2. The Hall–Kier alpha value is -3.68. The zero-order valence-electron chi connectivity index (χ0n) is 13.6. The van der Waals surface area contributed by atoms with Gasteiger partial charge in [0, 0.05) is 25.2 Å². The lowest BCUT2D eigenvalue weighted by atomic mass is 10.2. The molecule has 0 saturated heterocycles. The highest BCUT2D eigenvalue weighted by atomic mass is 16.3. The van der Waals surface area contributed by atoms with Crippen LogP contribution in [0, 0.1) is 0 Å². The van der Waals surface area contributed by atoms with Crippen LogP contribution < -0.4 is 10.6 Å². The van der Waals surface area contributed by atoms with Crippen molar-refractivity contribution in [1.82, 2.24) is 10.6 Å². The standard InChI is InChI=1S/C18H18N2O6/c21-13-3-1-11(7-15(13)23)9-19-17(25)5-6-18(26)20-10-12-2-4-14(22)16(24)8-12/h1-8,21-24H,9-10H2,(H,19,25)(H,20,26). The van der Waals surface area contributed by atoms with Crippen LogP contribution in [0.5, 0.6) is 23.0 Å². The van der Waals surface area contributed by atoms with E-state index in [9.17, 15) is 30.0 Å². The summed E-state index contributed by atoms with van der Waals surface area (Å²) in [5, 5.41) is 42.2. The third-order valence-corrected chi connectivity index (χ3v) is 3.40. The van der Waals surface area contributed by atoms with E-state index >= 15 is 0 Å². The minimum atomic E-state index is -0.505. The number of benzene rings is 2. The fourth-order valence-electron chi connectivity index (χ4n) is 2.01. The number of phenolic OH excluding ortho intramolecular Hbond substituents is 4. The van der Waals surface area contributed by atoms with E-state index in [1.54, 1.807) is 12.1 Å². The maximum absolute atomic E-state index is 11.7. The van der Waals surface area contributed by atoms with Crippen molar-refractivity contribution in [3.05, 3.63) is 59.7 Å². The molecule has 0 unspecified atom stereocenters. The van der Waals surface area contributed by atoms with Gasteiger partial charge in [-0.15, -0.1) is 0 Å². The van der Waals surface area contributed by atoms with Crippen LogP contribution in [-0.4, -0.2) is 32.2 Å². The minimum absolute atomic E-state index is 0.116.